The molecule has 0 heterocycles. The van der Waals surface area contributed by atoms with Crippen molar-refractivity contribution >= 4 is 0 Å². The van der Waals surface area contributed by atoms with E-state index in [1.807, 2.05) is 20.8 Å². The van der Waals surface area contributed by atoms with Crippen molar-refractivity contribution in [3.05, 3.63) is 19.8 Å². The van der Waals surface area contributed by atoms with E-state index in [1.54, 1.807) is 0 Å². The third kappa shape index (κ3) is 4.39. The molecule has 0 spiro atoms. The summed E-state index contributed by atoms with van der Waals surface area (Å²) in [5, 5.41) is 0. The third-order valence-corrected chi connectivity index (χ3v) is 0.852. The maximum absolute atomic E-state index is 5.27. The molecular weight excluding hydrogens is 128 g/mol. The van der Waals surface area contributed by atoms with Crippen LogP contribution in [0.15, 0.2) is 12.8 Å². The Morgan fingerprint density at radius 2 is 2.00 bits per heavy atom. The average Bonchev–Trinajstić information content (AvgIpc) is 1.59. The quantitative estimate of drug-likeness (QED) is 0.443. The lowest BCUT2D eigenvalue weighted by Crippen LogP contribution is -2.29. The van der Waals surface area contributed by atoms with Crippen molar-refractivity contribution in [1.82, 2.24) is 0 Å². The van der Waals surface area contributed by atoms with E-state index in [9.17, 15) is 0 Å². The molecule has 10 heavy (non-hydrogen) atoms. The second kappa shape index (κ2) is 3.62. The lowest BCUT2D eigenvalue weighted by Gasteiger charge is -2.26. The van der Waals surface area contributed by atoms with Gasteiger partial charge in [-0.3, -0.25) is 0 Å². The Morgan fingerprint density at radius 1 is 1.50 bits per heavy atom. The molecule has 0 aromatic heterocycles. The summed E-state index contributed by atoms with van der Waals surface area (Å²) in [5.74, 6) is -0.608. The van der Waals surface area contributed by atoms with Crippen LogP contribution in [-0.4, -0.2) is 11.9 Å². The first-order chi connectivity index (χ1) is 4.48. The second-order valence-electron chi connectivity index (χ2n) is 2.61. The Balaban J connectivity index is 3.73. The number of rotatable bonds is 4. The van der Waals surface area contributed by atoms with E-state index in [1.165, 1.54) is 6.26 Å². The minimum Gasteiger partial charge on any atom is -0.471 e. The largest absolute Gasteiger partial charge is 0.471 e. The maximum Gasteiger partial charge on any atom is 0.204 e. The van der Waals surface area contributed by atoms with Crippen LogP contribution in [0, 0.1) is 6.92 Å². The molecule has 0 amide bonds. The highest BCUT2D eigenvalue weighted by molar-refractivity contribution is 4.64. The van der Waals surface area contributed by atoms with Crippen LogP contribution < -0.4 is 0 Å². The van der Waals surface area contributed by atoms with Gasteiger partial charge in [0.05, 0.1) is 12.4 Å². The molecule has 0 N–H and O–H groups in total. The molecular formula is C8H15O2. The molecule has 0 rings (SSSR count). The van der Waals surface area contributed by atoms with Crippen molar-refractivity contribution < 1.29 is 9.47 Å². The van der Waals surface area contributed by atoms with Crippen LogP contribution in [0.3, 0.4) is 0 Å². The zero-order chi connectivity index (χ0) is 8.20. The molecule has 0 aliphatic rings. The van der Waals surface area contributed by atoms with Gasteiger partial charge in [-0.15, -0.1) is 0 Å². The number of hydrogen-bond acceptors (Lipinski definition) is 2. The second-order valence-corrected chi connectivity index (χ2v) is 2.61. The van der Waals surface area contributed by atoms with Gasteiger partial charge in [0.25, 0.3) is 0 Å². The van der Waals surface area contributed by atoms with Gasteiger partial charge in [-0.2, -0.15) is 0 Å². The van der Waals surface area contributed by atoms with Gasteiger partial charge in [0.2, 0.25) is 5.79 Å². The molecule has 0 saturated heterocycles. The summed E-state index contributed by atoms with van der Waals surface area (Å²) in [6, 6.07) is 0. The smallest absolute Gasteiger partial charge is 0.204 e. The fraction of sp³-hybridized carbons (Fsp3) is 0.625. The van der Waals surface area contributed by atoms with E-state index in [2.05, 4.69) is 13.5 Å². The van der Waals surface area contributed by atoms with E-state index in [4.69, 9.17) is 9.47 Å². The van der Waals surface area contributed by atoms with Gasteiger partial charge in [0.15, 0.2) is 0 Å². The SMILES string of the molecule is [CH2]C(C)OC(C)(C)OC=C. The minimum absolute atomic E-state index is 0.0741. The van der Waals surface area contributed by atoms with Gasteiger partial charge in [-0.05, 0) is 13.8 Å². The highest BCUT2D eigenvalue weighted by atomic mass is 16.7. The zero-order valence-corrected chi connectivity index (χ0v) is 6.89. The molecule has 1 radical (unpaired) electrons. The summed E-state index contributed by atoms with van der Waals surface area (Å²) in [5.41, 5.74) is 0. The first-order valence-electron chi connectivity index (χ1n) is 3.27. The maximum atomic E-state index is 5.27. The van der Waals surface area contributed by atoms with Crippen LogP contribution in [0.25, 0.3) is 0 Å². The van der Waals surface area contributed by atoms with Crippen LogP contribution in [0.2, 0.25) is 0 Å². The van der Waals surface area contributed by atoms with Gasteiger partial charge in [0.1, 0.15) is 0 Å². The Kier molecular flexibility index (Phi) is 3.43. The van der Waals surface area contributed by atoms with Gasteiger partial charge in [-0.1, -0.05) is 6.58 Å². The van der Waals surface area contributed by atoms with Crippen LogP contribution in [-0.2, 0) is 9.47 Å². The van der Waals surface area contributed by atoms with E-state index in [0.717, 1.165) is 0 Å². The van der Waals surface area contributed by atoms with Crippen LogP contribution in [0.1, 0.15) is 20.8 Å². The van der Waals surface area contributed by atoms with Gasteiger partial charge < -0.3 is 9.47 Å². The summed E-state index contributed by atoms with van der Waals surface area (Å²) in [6.07, 6.45) is 1.29. The predicted octanol–water partition coefficient (Wildman–Crippen LogP) is 2.12. The average molecular weight is 143 g/mol. The van der Waals surface area contributed by atoms with Crippen molar-refractivity contribution in [3.63, 3.8) is 0 Å². The minimum atomic E-state index is -0.608. The fourth-order valence-electron chi connectivity index (χ4n) is 0.713. The molecule has 2 nitrogen and oxygen atoms in total. The highest BCUT2D eigenvalue weighted by Gasteiger charge is 2.19. The molecule has 59 valence electrons. The molecule has 0 fully saturated rings. The lowest BCUT2D eigenvalue weighted by molar-refractivity contribution is -0.195. The molecule has 0 aliphatic heterocycles. The Hall–Kier alpha value is -0.500. The van der Waals surface area contributed by atoms with Crippen molar-refractivity contribution in [2.24, 2.45) is 0 Å². The normalized spacial score (nSPS) is 11.7. The molecule has 1 unspecified atom stereocenters. The molecule has 0 aliphatic carbocycles. The monoisotopic (exact) mass is 143 g/mol. The summed E-state index contributed by atoms with van der Waals surface area (Å²) >= 11 is 0. The number of ether oxygens (including phenoxy) is 2. The lowest BCUT2D eigenvalue weighted by atomic mass is 10.3. The van der Waals surface area contributed by atoms with Gasteiger partial charge in [-0.25, -0.2) is 0 Å². The van der Waals surface area contributed by atoms with Crippen LogP contribution in [0.4, 0.5) is 0 Å². The first-order valence-corrected chi connectivity index (χ1v) is 3.27. The molecule has 0 bridgehead atoms. The fourth-order valence-corrected chi connectivity index (χ4v) is 0.713. The van der Waals surface area contributed by atoms with Crippen molar-refractivity contribution in [2.45, 2.75) is 32.7 Å². The molecule has 0 aromatic rings. The topological polar surface area (TPSA) is 18.5 Å². The van der Waals surface area contributed by atoms with E-state index in [0.29, 0.717) is 0 Å². The molecule has 1 atom stereocenters. The Bertz CT molecular complexity index is 106. The number of hydrogen-bond donors (Lipinski definition) is 0. The van der Waals surface area contributed by atoms with Crippen LogP contribution >= 0.6 is 0 Å². The van der Waals surface area contributed by atoms with E-state index in [-0.39, 0.29) is 6.10 Å². The standard InChI is InChI=1S/C8H15O2/c1-6-9-8(4,5)10-7(2)3/h6-7H,1-2H2,3-5H3. The summed E-state index contributed by atoms with van der Waals surface area (Å²) in [7, 11) is 0. The van der Waals surface area contributed by atoms with E-state index >= 15 is 0 Å². The molecule has 2 heteroatoms. The van der Waals surface area contributed by atoms with Gasteiger partial charge in [0, 0.05) is 13.8 Å². The summed E-state index contributed by atoms with van der Waals surface area (Å²) in [4.78, 5) is 0. The zero-order valence-electron chi connectivity index (χ0n) is 6.89. The summed E-state index contributed by atoms with van der Waals surface area (Å²) in [6.45, 7) is 12.6. The van der Waals surface area contributed by atoms with Crippen LogP contribution in [0.5, 0.6) is 0 Å². The Morgan fingerprint density at radius 3 is 2.30 bits per heavy atom. The van der Waals surface area contributed by atoms with Crippen molar-refractivity contribution in [2.75, 3.05) is 0 Å². The van der Waals surface area contributed by atoms with E-state index < -0.39 is 5.79 Å². The molecule has 0 aromatic carbocycles. The first kappa shape index (κ1) is 9.50. The third-order valence-electron chi connectivity index (χ3n) is 0.852. The van der Waals surface area contributed by atoms with Crippen molar-refractivity contribution in [3.8, 4) is 0 Å². The Labute approximate surface area is 62.8 Å². The highest BCUT2D eigenvalue weighted by Crippen LogP contribution is 2.13. The van der Waals surface area contributed by atoms with Crippen molar-refractivity contribution in [1.29, 1.82) is 0 Å². The molecule has 0 saturated carbocycles. The van der Waals surface area contributed by atoms with Gasteiger partial charge >= 0.3 is 0 Å². The summed E-state index contributed by atoms with van der Waals surface area (Å²) < 4.78 is 10.3. The predicted molar refractivity (Wildman–Crippen MR) is 41.3 cm³/mol.